The van der Waals surface area contributed by atoms with E-state index in [1.807, 2.05) is 27.7 Å². The lowest BCUT2D eigenvalue weighted by molar-refractivity contribution is -0.138. The predicted molar refractivity (Wildman–Crippen MR) is 62.7 cm³/mol. The standard InChI is InChI=1S/C11H20N4O2/c1-5-6-8(7-9(16)17)15-10(11(2,3)4)12-13-14-15/h8H,5-7H2,1-4H3,(H,16,17). The van der Waals surface area contributed by atoms with Crippen molar-refractivity contribution in [3.63, 3.8) is 0 Å². The van der Waals surface area contributed by atoms with Crippen LogP contribution in [0.3, 0.4) is 0 Å². The molecule has 17 heavy (non-hydrogen) atoms. The van der Waals surface area contributed by atoms with Crippen LogP contribution in [-0.2, 0) is 10.2 Å². The van der Waals surface area contributed by atoms with Gasteiger partial charge in [-0.15, -0.1) is 5.10 Å². The van der Waals surface area contributed by atoms with Gasteiger partial charge in [0.05, 0.1) is 12.5 Å². The third-order valence-corrected chi connectivity index (χ3v) is 2.54. The second-order valence-electron chi connectivity index (χ2n) is 5.24. The molecule has 0 aliphatic heterocycles. The number of aliphatic carboxylic acids is 1. The van der Waals surface area contributed by atoms with E-state index in [0.29, 0.717) is 0 Å². The monoisotopic (exact) mass is 240 g/mol. The quantitative estimate of drug-likeness (QED) is 0.848. The van der Waals surface area contributed by atoms with Crippen LogP contribution in [0.25, 0.3) is 0 Å². The summed E-state index contributed by atoms with van der Waals surface area (Å²) in [7, 11) is 0. The van der Waals surface area contributed by atoms with Crippen LogP contribution < -0.4 is 0 Å². The molecule has 6 nitrogen and oxygen atoms in total. The fourth-order valence-electron chi connectivity index (χ4n) is 1.78. The summed E-state index contributed by atoms with van der Waals surface area (Å²) in [5.74, 6) is -0.0870. The molecule has 1 aromatic rings. The van der Waals surface area contributed by atoms with E-state index in [0.717, 1.165) is 18.7 Å². The molecule has 6 heteroatoms. The fraction of sp³-hybridized carbons (Fsp3) is 0.818. The van der Waals surface area contributed by atoms with Gasteiger partial charge in [0.25, 0.3) is 0 Å². The van der Waals surface area contributed by atoms with Crippen LogP contribution in [-0.4, -0.2) is 31.3 Å². The molecule has 1 unspecified atom stereocenters. The van der Waals surface area contributed by atoms with Crippen molar-refractivity contribution in [2.75, 3.05) is 0 Å². The van der Waals surface area contributed by atoms with Crippen LogP contribution in [0.2, 0.25) is 0 Å². The normalized spacial score (nSPS) is 13.6. The first-order chi connectivity index (χ1) is 7.86. The molecular weight excluding hydrogens is 220 g/mol. The molecule has 0 saturated carbocycles. The largest absolute Gasteiger partial charge is 0.481 e. The molecule has 0 spiro atoms. The lowest BCUT2D eigenvalue weighted by Crippen LogP contribution is -2.24. The van der Waals surface area contributed by atoms with Crippen molar-refractivity contribution in [1.82, 2.24) is 20.2 Å². The molecule has 1 heterocycles. The van der Waals surface area contributed by atoms with Crippen molar-refractivity contribution < 1.29 is 9.90 Å². The van der Waals surface area contributed by atoms with Crippen molar-refractivity contribution in [3.8, 4) is 0 Å². The van der Waals surface area contributed by atoms with Crippen LogP contribution in [0, 0.1) is 0 Å². The lowest BCUT2D eigenvalue weighted by atomic mass is 9.95. The molecule has 0 aliphatic carbocycles. The number of aromatic nitrogens is 4. The minimum absolute atomic E-state index is 0.0575. The molecular formula is C11H20N4O2. The van der Waals surface area contributed by atoms with Crippen LogP contribution in [0.4, 0.5) is 0 Å². The van der Waals surface area contributed by atoms with Gasteiger partial charge in [0.2, 0.25) is 0 Å². The zero-order chi connectivity index (χ0) is 13.1. The number of tetrazole rings is 1. The molecule has 0 aromatic carbocycles. The summed E-state index contributed by atoms with van der Waals surface area (Å²) in [5, 5.41) is 20.5. The summed E-state index contributed by atoms with van der Waals surface area (Å²) in [5.41, 5.74) is -0.187. The molecule has 1 aromatic heterocycles. The first-order valence-corrected chi connectivity index (χ1v) is 5.86. The number of hydrogen-bond acceptors (Lipinski definition) is 4. The summed E-state index contributed by atoms with van der Waals surface area (Å²) in [6, 6.07) is -0.165. The molecule has 0 saturated heterocycles. The second-order valence-corrected chi connectivity index (χ2v) is 5.24. The first-order valence-electron chi connectivity index (χ1n) is 5.86. The van der Waals surface area contributed by atoms with E-state index >= 15 is 0 Å². The molecule has 1 rings (SSSR count). The Bertz CT molecular complexity index is 381. The Hall–Kier alpha value is -1.46. The van der Waals surface area contributed by atoms with Gasteiger partial charge in [-0.3, -0.25) is 4.79 Å². The predicted octanol–water partition coefficient (Wildman–Crippen LogP) is 1.79. The molecule has 96 valence electrons. The van der Waals surface area contributed by atoms with E-state index < -0.39 is 5.97 Å². The zero-order valence-corrected chi connectivity index (χ0v) is 10.8. The number of nitrogens with zero attached hydrogens (tertiary/aromatic N) is 4. The molecule has 1 N–H and O–H groups in total. The summed E-state index contributed by atoms with van der Waals surface area (Å²) >= 11 is 0. The first kappa shape index (κ1) is 13.6. The minimum Gasteiger partial charge on any atom is -0.481 e. The molecule has 0 radical (unpaired) electrons. The number of carboxylic acid groups (broad SMARTS) is 1. The smallest absolute Gasteiger partial charge is 0.305 e. The van der Waals surface area contributed by atoms with Crippen LogP contribution in [0.1, 0.15) is 58.8 Å². The average Bonchev–Trinajstić information content (AvgIpc) is 2.63. The van der Waals surface area contributed by atoms with Gasteiger partial charge in [-0.1, -0.05) is 34.1 Å². The molecule has 0 amide bonds. The van der Waals surface area contributed by atoms with Gasteiger partial charge in [0.1, 0.15) is 0 Å². The molecule has 0 fully saturated rings. The van der Waals surface area contributed by atoms with Crippen LogP contribution >= 0.6 is 0 Å². The second kappa shape index (κ2) is 5.25. The molecule has 0 aliphatic rings. The van der Waals surface area contributed by atoms with Gasteiger partial charge in [-0.2, -0.15) is 0 Å². The third-order valence-electron chi connectivity index (χ3n) is 2.54. The molecule has 0 bridgehead atoms. The highest BCUT2D eigenvalue weighted by Gasteiger charge is 2.26. The van der Waals surface area contributed by atoms with Gasteiger partial charge >= 0.3 is 5.97 Å². The maximum Gasteiger partial charge on any atom is 0.305 e. The van der Waals surface area contributed by atoms with Gasteiger partial charge < -0.3 is 5.11 Å². The van der Waals surface area contributed by atoms with Crippen molar-refractivity contribution >= 4 is 5.97 Å². The number of carbonyl (C=O) groups is 1. The van der Waals surface area contributed by atoms with Crippen LogP contribution in [0.5, 0.6) is 0 Å². The minimum atomic E-state index is -0.821. The van der Waals surface area contributed by atoms with Crippen molar-refractivity contribution in [1.29, 1.82) is 0 Å². The Kier molecular flexibility index (Phi) is 4.20. The lowest BCUT2D eigenvalue weighted by Gasteiger charge is -2.22. The van der Waals surface area contributed by atoms with Crippen molar-refractivity contribution in [3.05, 3.63) is 5.82 Å². The Morgan fingerprint density at radius 1 is 1.47 bits per heavy atom. The third kappa shape index (κ3) is 3.51. The van der Waals surface area contributed by atoms with E-state index in [1.165, 1.54) is 0 Å². The number of hydrogen-bond donors (Lipinski definition) is 1. The maximum atomic E-state index is 10.9. The molecule has 1 atom stereocenters. The van der Waals surface area contributed by atoms with Crippen molar-refractivity contribution in [2.24, 2.45) is 0 Å². The van der Waals surface area contributed by atoms with Crippen LogP contribution in [0.15, 0.2) is 0 Å². The van der Waals surface area contributed by atoms with Crippen molar-refractivity contribution in [2.45, 2.75) is 58.4 Å². The van der Waals surface area contributed by atoms with Gasteiger partial charge in [0.15, 0.2) is 5.82 Å². The van der Waals surface area contributed by atoms with Gasteiger partial charge in [-0.25, -0.2) is 4.68 Å². The average molecular weight is 240 g/mol. The zero-order valence-electron chi connectivity index (χ0n) is 10.8. The summed E-state index contributed by atoms with van der Waals surface area (Å²) in [6.45, 7) is 8.06. The Morgan fingerprint density at radius 2 is 2.12 bits per heavy atom. The Morgan fingerprint density at radius 3 is 2.59 bits per heavy atom. The fourth-order valence-corrected chi connectivity index (χ4v) is 1.78. The van der Waals surface area contributed by atoms with Gasteiger partial charge in [-0.05, 0) is 16.8 Å². The van der Waals surface area contributed by atoms with Gasteiger partial charge in [0, 0.05) is 5.41 Å². The highest BCUT2D eigenvalue weighted by atomic mass is 16.4. The maximum absolute atomic E-state index is 10.9. The Balaban J connectivity index is 3.02. The summed E-state index contributed by atoms with van der Waals surface area (Å²) in [6.07, 6.45) is 1.73. The van der Waals surface area contributed by atoms with E-state index in [2.05, 4.69) is 15.5 Å². The topological polar surface area (TPSA) is 80.9 Å². The number of carboxylic acids is 1. The van der Waals surface area contributed by atoms with E-state index in [4.69, 9.17) is 5.11 Å². The van der Waals surface area contributed by atoms with E-state index in [1.54, 1.807) is 4.68 Å². The van der Waals surface area contributed by atoms with E-state index in [9.17, 15) is 4.79 Å². The summed E-state index contributed by atoms with van der Waals surface area (Å²) < 4.78 is 1.66. The highest BCUT2D eigenvalue weighted by Crippen LogP contribution is 2.25. The summed E-state index contributed by atoms with van der Waals surface area (Å²) in [4.78, 5) is 10.9. The number of rotatable bonds is 5. The Labute approximate surface area is 101 Å². The SMILES string of the molecule is CCCC(CC(=O)O)n1nnnc1C(C)(C)C. The van der Waals surface area contributed by atoms with E-state index in [-0.39, 0.29) is 17.9 Å². The highest BCUT2D eigenvalue weighted by molar-refractivity contribution is 5.67.